The number of methoxy groups -OCH3 is 1. The first-order chi connectivity index (χ1) is 10.2. The summed E-state index contributed by atoms with van der Waals surface area (Å²) in [6.45, 7) is 5.05. The number of nitrogens with zero attached hydrogens (tertiary/aromatic N) is 2. The van der Waals surface area contributed by atoms with Crippen LogP contribution in [0.3, 0.4) is 0 Å². The second-order valence-electron chi connectivity index (χ2n) is 4.66. The molecule has 4 nitrogen and oxygen atoms in total. The van der Waals surface area contributed by atoms with Gasteiger partial charge in [-0.2, -0.15) is 0 Å². The fourth-order valence-electron chi connectivity index (χ4n) is 2.11. The van der Waals surface area contributed by atoms with Crippen molar-refractivity contribution < 1.29 is 4.74 Å². The van der Waals surface area contributed by atoms with Gasteiger partial charge >= 0.3 is 0 Å². The van der Waals surface area contributed by atoms with E-state index < -0.39 is 0 Å². The molecule has 0 saturated heterocycles. The average Bonchev–Trinajstić information content (AvgIpc) is 2.50. The van der Waals surface area contributed by atoms with E-state index in [0.29, 0.717) is 6.42 Å². The maximum Gasteiger partial charge on any atom is 0.143 e. The second-order valence-corrected chi connectivity index (χ2v) is 5.74. The van der Waals surface area contributed by atoms with E-state index in [1.165, 1.54) is 0 Å². The van der Waals surface area contributed by atoms with Crippen LogP contribution in [0.4, 0.5) is 5.82 Å². The van der Waals surface area contributed by atoms with Gasteiger partial charge in [0, 0.05) is 13.0 Å². The summed E-state index contributed by atoms with van der Waals surface area (Å²) in [7, 11) is 1.68. The van der Waals surface area contributed by atoms with Gasteiger partial charge in [0.2, 0.25) is 0 Å². The Morgan fingerprint density at radius 3 is 2.71 bits per heavy atom. The predicted molar refractivity (Wildman–Crippen MR) is 94.1 cm³/mol. The van der Waals surface area contributed by atoms with Crippen molar-refractivity contribution in [1.82, 2.24) is 9.97 Å². The van der Waals surface area contributed by atoms with Crippen LogP contribution in [0.5, 0.6) is 5.75 Å². The molecule has 2 aromatic rings. The van der Waals surface area contributed by atoms with Gasteiger partial charge in [0.05, 0.1) is 16.4 Å². The Morgan fingerprint density at radius 1 is 1.24 bits per heavy atom. The van der Waals surface area contributed by atoms with Gasteiger partial charge < -0.3 is 10.1 Å². The molecule has 112 valence electrons. The number of nitrogens with one attached hydrogen (secondary N) is 1. The van der Waals surface area contributed by atoms with Crippen molar-refractivity contribution in [3.05, 3.63) is 44.9 Å². The van der Waals surface area contributed by atoms with Crippen molar-refractivity contribution >= 4 is 28.4 Å². The molecule has 0 aliphatic heterocycles. The largest absolute Gasteiger partial charge is 0.497 e. The van der Waals surface area contributed by atoms with Crippen LogP contribution in [0.2, 0.25) is 0 Å². The lowest BCUT2D eigenvalue weighted by Crippen LogP contribution is -2.09. The minimum atomic E-state index is 0.708. The van der Waals surface area contributed by atoms with Gasteiger partial charge in [-0.25, -0.2) is 9.97 Å². The van der Waals surface area contributed by atoms with E-state index >= 15 is 0 Å². The molecule has 2 rings (SSSR count). The van der Waals surface area contributed by atoms with Gasteiger partial charge in [0.25, 0.3) is 0 Å². The third kappa shape index (κ3) is 4.06. The summed E-state index contributed by atoms with van der Waals surface area (Å²) in [5.41, 5.74) is 2.25. The molecule has 0 amide bonds. The Hall–Kier alpha value is -1.37. The normalized spacial score (nSPS) is 10.5. The molecule has 0 saturated carbocycles. The summed E-state index contributed by atoms with van der Waals surface area (Å²) in [5, 5.41) is 3.32. The molecule has 1 N–H and O–H groups in total. The van der Waals surface area contributed by atoms with E-state index in [-0.39, 0.29) is 0 Å². The molecule has 0 aliphatic carbocycles. The van der Waals surface area contributed by atoms with Gasteiger partial charge in [-0.1, -0.05) is 19.1 Å². The Labute approximate surface area is 139 Å². The smallest absolute Gasteiger partial charge is 0.143 e. The number of aryl methyl sites for hydroxylation is 1. The van der Waals surface area contributed by atoms with Crippen molar-refractivity contribution in [2.45, 2.75) is 26.7 Å². The summed E-state index contributed by atoms with van der Waals surface area (Å²) in [5.74, 6) is 2.64. The molecule has 0 atom stereocenters. The van der Waals surface area contributed by atoms with Crippen molar-refractivity contribution in [2.75, 3.05) is 19.0 Å². The number of ether oxygens (including phenoxy) is 1. The van der Waals surface area contributed by atoms with Crippen molar-refractivity contribution in [3.63, 3.8) is 0 Å². The molecule has 0 aliphatic rings. The van der Waals surface area contributed by atoms with Gasteiger partial charge in [0.1, 0.15) is 17.4 Å². The van der Waals surface area contributed by atoms with E-state index in [9.17, 15) is 0 Å². The number of hydrogen-bond donors (Lipinski definition) is 1. The zero-order valence-electron chi connectivity index (χ0n) is 12.6. The SMILES string of the molecule is CCNc1nc(Cc2cccc(OC)c2)nc(CC)c1I. The zero-order valence-corrected chi connectivity index (χ0v) is 14.8. The average molecular weight is 397 g/mol. The highest BCUT2D eigenvalue weighted by molar-refractivity contribution is 14.1. The maximum atomic E-state index is 5.26. The predicted octanol–water partition coefficient (Wildman–Crippen LogP) is 3.67. The lowest BCUT2D eigenvalue weighted by Gasteiger charge is -2.11. The number of aromatic nitrogens is 2. The monoisotopic (exact) mass is 397 g/mol. The summed E-state index contributed by atoms with van der Waals surface area (Å²) < 4.78 is 6.38. The summed E-state index contributed by atoms with van der Waals surface area (Å²) >= 11 is 2.32. The summed E-state index contributed by atoms with van der Waals surface area (Å²) in [4.78, 5) is 9.34. The Morgan fingerprint density at radius 2 is 2.05 bits per heavy atom. The minimum absolute atomic E-state index is 0.708. The van der Waals surface area contributed by atoms with Crippen molar-refractivity contribution in [3.8, 4) is 5.75 Å². The molecule has 1 aromatic heterocycles. The molecule has 21 heavy (non-hydrogen) atoms. The number of halogens is 1. The molecular formula is C16H20IN3O. The molecule has 0 spiro atoms. The third-order valence-corrected chi connectivity index (χ3v) is 4.28. The molecule has 1 heterocycles. The molecular weight excluding hydrogens is 377 g/mol. The first kappa shape index (κ1) is 16.0. The molecule has 0 unspecified atom stereocenters. The lowest BCUT2D eigenvalue weighted by molar-refractivity contribution is 0.414. The van der Waals surface area contributed by atoms with Crippen molar-refractivity contribution in [2.24, 2.45) is 0 Å². The second kappa shape index (κ2) is 7.59. The Bertz CT molecular complexity index is 616. The van der Waals surface area contributed by atoms with Crippen LogP contribution < -0.4 is 10.1 Å². The van der Waals surface area contributed by atoms with Gasteiger partial charge in [-0.15, -0.1) is 0 Å². The number of anilines is 1. The fourth-order valence-corrected chi connectivity index (χ4v) is 2.92. The van der Waals surface area contributed by atoms with Crippen LogP contribution in [-0.2, 0) is 12.8 Å². The summed E-state index contributed by atoms with van der Waals surface area (Å²) in [6.07, 6.45) is 1.61. The van der Waals surface area contributed by atoms with E-state index in [1.807, 2.05) is 18.2 Å². The third-order valence-electron chi connectivity index (χ3n) is 3.14. The molecule has 1 aromatic carbocycles. The molecule has 0 bridgehead atoms. The molecule has 0 fully saturated rings. The molecule has 5 heteroatoms. The first-order valence-corrected chi connectivity index (χ1v) is 8.17. The topological polar surface area (TPSA) is 47.0 Å². The molecule has 0 radical (unpaired) electrons. The van der Waals surface area contributed by atoms with Crippen LogP contribution in [0.1, 0.15) is 30.9 Å². The lowest BCUT2D eigenvalue weighted by atomic mass is 10.1. The van der Waals surface area contributed by atoms with E-state index in [1.54, 1.807) is 7.11 Å². The summed E-state index contributed by atoms with van der Waals surface area (Å²) in [6, 6.07) is 8.04. The van der Waals surface area contributed by atoms with E-state index in [2.05, 4.69) is 57.8 Å². The van der Waals surface area contributed by atoms with E-state index in [4.69, 9.17) is 4.74 Å². The Kier molecular flexibility index (Phi) is 5.78. The Balaban J connectivity index is 2.32. The maximum absolute atomic E-state index is 5.26. The first-order valence-electron chi connectivity index (χ1n) is 7.10. The fraction of sp³-hybridized carbons (Fsp3) is 0.375. The van der Waals surface area contributed by atoms with E-state index in [0.717, 1.165) is 45.2 Å². The zero-order chi connectivity index (χ0) is 15.2. The minimum Gasteiger partial charge on any atom is -0.497 e. The highest BCUT2D eigenvalue weighted by Gasteiger charge is 2.11. The van der Waals surface area contributed by atoms with Crippen LogP contribution >= 0.6 is 22.6 Å². The standard InChI is InChI=1S/C16H20IN3O/c1-4-13-15(17)16(18-5-2)20-14(19-13)10-11-7-6-8-12(9-11)21-3/h6-9H,4-5,10H2,1-3H3,(H,18,19,20). The van der Waals surface area contributed by atoms with Crippen LogP contribution in [0, 0.1) is 3.57 Å². The van der Waals surface area contributed by atoms with Crippen LogP contribution in [0.25, 0.3) is 0 Å². The highest BCUT2D eigenvalue weighted by Crippen LogP contribution is 2.21. The number of hydrogen-bond acceptors (Lipinski definition) is 4. The quantitative estimate of drug-likeness (QED) is 0.756. The van der Waals surface area contributed by atoms with Gasteiger partial charge in [-0.05, 0) is 53.6 Å². The van der Waals surface area contributed by atoms with Crippen LogP contribution in [-0.4, -0.2) is 23.6 Å². The number of rotatable bonds is 6. The number of benzene rings is 1. The highest BCUT2D eigenvalue weighted by atomic mass is 127. The van der Waals surface area contributed by atoms with Crippen LogP contribution in [0.15, 0.2) is 24.3 Å². The van der Waals surface area contributed by atoms with Crippen molar-refractivity contribution in [1.29, 1.82) is 0 Å². The van der Waals surface area contributed by atoms with Gasteiger partial charge in [-0.3, -0.25) is 0 Å². The van der Waals surface area contributed by atoms with Gasteiger partial charge in [0.15, 0.2) is 0 Å².